The lowest BCUT2D eigenvalue weighted by atomic mass is 9.88. The van der Waals surface area contributed by atoms with E-state index in [1.807, 2.05) is 0 Å². The Labute approximate surface area is 132 Å². The molecule has 1 aliphatic rings. The zero-order chi connectivity index (χ0) is 15.5. The van der Waals surface area contributed by atoms with E-state index in [1.54, 1.807) is 11.3 Å². The molecule has 1 saturated heterocycles. The van der Waals surface area contributed by atoms with E-state index in [9.17, 15) is 5.11 Å². The first-order valence-electron chi connectivity index (χ1n) is 8.12. The third-order valence-electron chi connectivity index (χ3n) is 4.64. The summed E-state index contributed by atoms with van der Waals surface area (Å²) >= 11 is 1.68. The standard InChI is InChI=1S/C16H29N3OS/c1-5-18(6-2)11-15-17-14(12-21-15)16(20)7-9-19(10-8-16)13(3)4/h12-13,20H,5-11H2,1-4H3. The van der Waals surface area contributed by atoms with Crippen molar-refractivity contribution in [2.45, 2.75) is 58.7 Å². The summed E-state index contributed by atoms with van der Waals surface area (Å²) in [4.78, 5) is 9.50. The van der Waals surface area contributed by atoms with Crippen molar-refractivity contribution < 1.29 is 5.11 Å². The van der Waals surface area contributed by atoms with E-state index in [1.165, 1.54) is 0 Å². The molecular formula is C16H29N3OS. The maximum absolute atomic E-state index is 10.9. The van der Waals surface area contributed by atoms with Gasteiger partial charge in [0.2, 0.25) is 0 Å². The molecule has 1 aromatic rings. The minimum Gasteiger partial charge on any atom is -0.383 e. The summed E-state index contributed by atoms with van der Waals surface area (Å²) in [6.45, 7) is 13.7. The minimum absolute atomic E-state index is 0.559. The fraction of sp³-hybridized carbons (Fsp3) is 0.812. The van der Waals surface area contributed by atoms with Crippen molar-refractivity contribution in [3.63, 3.8) is 0 Å². The molecule has 1 fully saturated rings. The van der Waals surface area contributed by atoms with E-state index >= 15 is 0 Å². The molecule has 120 valence electrons. The molecule has 0 aliphatic carbocycles. The molecule has 2 heterocycles. The van der Waals surface area contributed by atoms with Gasteiger partial charge < -0.3 is 10.0 Å². The molecule has 5 heteroatoms. The fourth-order valence-electron chi connectivity index (χ4n) is 2.90. The summed E-state index contributed by atoms with van der Waals surface area (Å²) < 4.78 is 0. The van der Waals surface area contributed by atoms with Crippen LogP contribution < -0.4 is 0 Å². The summed E-state index contributed by atoms with van der Waals surface area (Å²) in [6.07, 6.45) is 1.58. The van der Waals surface area contributed by atoms with Gasteiger partial charge in [-0.1, -0.05) is 13.8 Å². The lowest BCUT2D eigenvalue weighted by Crippen LogP contribution is -2.45. The van der Waals surface area contributed by atoms with Gasteiger partial charge in [0.1, 0.15) is 10.6 Å². The average Bonchev–Trinajstić information content (AvgIpc) is 2.94. The zero-order valence-corrected chi connectivity index (χ0v) is 14.6. The van der Waals surface area contributed by atoms with E-state index in [4.69, 9.17) is 4.98 Å². The number of rotatable bonds is 6. The molecule has 1 aliphatic heterocycles. The highest BCUT2D eigenvalue weighted by Gasteiger charge is 2.36. The number of piperidine rings is 1. The summed E-state index contributed by atoms with van der Waals surface area (Å²) in [6, 6.07) is 0.559. The SMILES string of the molecule is CCN(CC)Cc1nc(C2(O)CCN(C(C)C)CC2)cs1. The predicted octanol–water partition coefficient (Wildman–Crippen LogP) is 2.68. The van der Waals surface area contributed by atoms with Gasteiger partial charge in [0.05, 0.1) is 12.2 Å². The Kier molecular flexibility index (Phi) is 5.77. The molecule has 0 amide bonds. The first kappa shape index (κ1) is 16.9. The smallest absolute Gasteiger partial charge is 0.110 e. The average molecular weight is 311 g/mol. The molecule has 0 atom stereocenters. The van der Waals surface area contributed by atoms with Crippen LogP contribution in [0.3, 0.4) is 0 Å². The second-order valence-electron chi connectivity index (χ2n) is 6.25. The largest absolute Gasteiger partial charge is 0.383 e. The van der Waals surface area contributed by atoms with E-state index in [0.717, 1.165) is 56.3 Å². The van der Waals surface area contributed by atoms with Crippen LogP contribution >= 0.6 is 11.3 Å². The number of hydrogen-bond acceptors (Lipinski definition) is 5. The van der Waals surface area contributed by atoms with Gasteiger partial charge in [-0.2, -0.15) is 0 Å². The maximum Gasteiger partial charge on any atom is 0.110 e. The van der Waals surface area contributed by atoms with Crippen LogP contribution in [0, 0.1) is 0 Å². The van der Waals surface area contributed by atoms with Crippen molar-refractivity contribution in [2.24, 2.45) is 0 Å². The van der Waals surface area contributed by atoms with Crippen LogP contribution in [0.25, 0.3) is 0 Å². The van der Waals surface area contributed by atoms with Gasteiger partial charge in [-0.05, 0) is 39.8 Å². The number of thiazole rings is 1. The second kappa shape index (κ2) is 7.18. The van der Waals surface area contributed by atoms with Gasteiger partial charge in [0.15, 0.2) is 0 Å². The van der Waals surface area contributed by atoms with Gasteiger partial charge in [-0.3, -0.25) is 4.90 Å². The van der Waals surface area contributed by atoms with Gasteiger partial charge in [-0.25, -0.2) is 4.98 Å². The maximum atomic E-state index is 10.9. The van der Waals surface area contributed by atoms with Crippen LogP contribution in [-0.2, 0) is 12.1 Å². The van der Waals surface area contributed by atoms with Gasteiger partial charge in [0.25, 0.3) is 0 Å². The van der Waals surface area contributed by atoms with Gasteiger partial charge in [-0.15, -0.1) is 11.3 Å². The molecule has 0 spiro atoms. The Hall–Kier alpha value is -0.490. The molecule has 0 radical (unpaired) electrons. The number of hydrogen-bond donors (Lipinski definition) is 1. The van der Waals surface area contributed by atoms with Crippen LogP contribution in [0.1, 0.15) is 51.2 Å². The minimum atomic E-state index is -0.719. The van der Waals surface area contributed by atoms with Crippen molar-refractivity contribution in [3.8, 4) is 0 Å². The monoisotopic (exact) mass is 311 g/mol. The van der Waals surface area contributed by atoms with Gasteiger partial charge >= 0.3 is 0 Å². The normalized spacial score (nSPS) is 19.6. The summed E-state index contributed by atoms with van der Waals surface area (Å²) in [5.74, 6) is 0. The Morgan fingerprint density at radius 2 is 1.95 bits per heavy atom. The van der Waals surface area contributed by atoms with Crippen molar-refractivity contribution >= 4 is 11.3 Å². The predicted molar refractivity (Wildman–Crippen MR) is 88.6 cm³/mol. The first-order valence-corrected chi connectivity index (χ1v) is 9.00. The Balaban J connectivity index is 2.00. The molecular weight excluding hydrogens is 282 g/mol. The molecule has 0 aromatic carbocycles. The lowest BCUT2D eigenvalue weighted by Gasteiger charge is -2.39. The number of aliphatic hydroxyl groups is 1. The molecule has 0 unspecified atom stereocenters. The molecule has 1 aromatic heterocycles. The lowest BCUT2D eigenvalue weighted by molar-refractivity contribution is -0.0353. The number of aromatic nitrogens is 1. The molecule has 21 heavy (non-hydrogen) atoms. The summed E-state index contributed by atoms with van der Waals surface area (Å²) in [5.41, 5.74) is 0.168. The van der Waals surface area contributed by atoms with E-state index in [2.05, 4.69) is 42.9 Å². The molecule has 0 saturated carbocycles. The highest BCUT2D eigenvalue weighted by atomic mass is 32.1. The summed E-state index contributed by atoms with van der Waals surface area (Å²) in [5, 5.41) is 14.1. The summed E-state index contributed by atoms with van der Waals surface area (Å²) in [7, 11) is 0. The third-order valence-corrected chi connectivity index (χ3v) is 5.47. The Morgan fingerprint density at radius 1 is 1.33 bits per heavy atom. The van der Waals surface area contributed by atoms with Gasteiger partial charge in [0, 0.05) is 24.5 Å². The van der Waals surface area contributed by atoms with E-state index in [-0.39, 0.29) is 0 Å². The topological polar surface area (TPSA) is 39.6 Å². The number of likely N-dealkylation sites (tertiary alicyclic amines) is 1. The highest BCUT2D eigenvalue weighted by molar-refractivity contribution is 7.09. The molecule has 1 N–H and O–H groups in total. The second-order valence-corrected chi connectivity index (χ2v) is 7.19. The van der Waals surface area contributed by atoms with Crippen LogP contribution in [-0.4, -0.2) is 52.1 Å². The number of nitrogens with zero attached hydrogens (tertiary/aromatic N) is 3. The Bertz CT molecular complexity index is 434. The van der Waals surface area contributed by atoms with Crippen LogP contribution in [0.5, 0.6) is 0 Å². The highest BCUT2D eigenvalue weighted by Crippen LogP contribution is 2.34. The van der Waals surface area contributed by atoms with Crippen LogP contribution in [0.4, 0.5) is 0 Å². The molecule has 0 bridgehead atoms. The van der Waals surface area contributed by atoms with Crippen molar-refractivity contribution in [1.29, 1.82) is 0 Å². The van der Waals surface area contributed by atoms with Crippen LogP contribution in [0.2, 0.25) is 0 Å². The Morgan fingerprint density at radius 3 is 2.48 bits per heavy atom. The fourth-order valence-corrected chi connectivity index (χ4v) is 3.83. The van der Waals surface area contributed by atoms with Crippen molar-refractivity contribution in [3.05, 3.63) is 16.1 Å². The molecule has 4 nitrogen and oxygen atoms in total. The third kappa shape index (κ3) is 4.03. The zero-order valence-electron chi connectivity index (χ0n) is 13.8. The van der Waals surface area contributed by atoms with Crippen LogP contribution in [0.15, 0.2) is 5.38 Å². The van der Waals surface area contributed by atoms with Crippen molar-refractivity contribution in [2.75, 3.05) is 26.2 Å². The van der Waals surface area contributed by atoms with E-state index < -0.39 is 5.60 Å². The first-order chi connectivity index (χ1) is 9.98. The van der Waals surface area contributed by atoms with Crippen molar-refractivity contribution in [1.82, 2.24) is 14.8 Å². The van der Waals surface area contributed by atoms with E-state index in [0.29, 0.717) is 6.04 Å². The molecule has 2 rings (SSSR count). The quantitative estimate of drug-likeness (QED) is 0.877.